The van der Waals surface area contributed by atoms with E-state index in [2.05, 4.69) is 38.0 Å². The van der Waals surface area contributed by atoms with E-state index in [0.29, 0.717) is 29.7 Å². The van der Waals surface area contributed by atoms with Crippen LogP contribution in [-0.4, -0.2) is 69.5 Å². The molecule has 9 nitrogen and oxygen atoms in total. The van der Waals surface area contributed by atoms with Crippen LogP contribution in [0.3, 0.4) is 0 Å². The second-order valence-electron chi connectivity index (χ2n) is 10.1. The Morgan fingerprint density at radius 2 is 1.84 bits per heavy atom. The number of halogens is 2. The number of piperazine rings is 1. The summed E-state index contributed by atoms with van der Waals surface area (Å²) in [6, 6.07) is 9.15. The van der Waals surface area contributed by atoms with Gasteiger partial charge in [0.2, 0.25) is 11.8 Å². The van der Waals surface area contributed by atoms with E-state index in [1.165, 1.54) is 11.1 Å². The molecule has 2 aromatic heterocycles. The van der Waals surface area contributed by atoms with E-state index in [1.807, 2.05) is 12.1 Å². The highest BCUT2D eigenvalue weighted by atomic mass is 19.3. The van der Waals surface area contributed by atoms with Crippen molar-refractivity contribution < 1.29 is 22.8 Å². The molecule has 1 aromatic carbocycles. The Morgan fingerprint density at radius 3 is 2.45 bits per heavy atom. The largest absolute Gasteiger partial charge is 0.415 e. The molecule has 2 amide bonds. The van der Waals surface area contributed by atoms with Crippen molar-refractivity contribution in [2.75, 3.05) is 37.6 Å². The quantitative estimate of drug-likeness (QED) is 0.451. The molecule has 1 aliphatic carbocycles. The monoisotopic (exact) mass is 522 g/mol. The van der Waals surface area contributed by atoms with Crippen molar-refractivity contribution in [1.82, 2.24) is 25.0 Å². The molecule has 4 heterocycles. The second-order valence-corrected chi connectivity index (χ2v) is 10.1. The molecule has 0 unspecified atom stereocenters. The number of amides is 2. The summed E-state index contributed by atoms with van der Waals surface area (Å²) in [5, 5.41) is 6.95. The molecule has 198 valence electrons. The summed E-state index contributed by atoms with van der Waals surface area (Å²) in [7, 11) is 0. The fourth-order valence-electron chi connectivity index (χ4n) is 5.65. The van der Waals surface area contributed by atoms with E-state index in [4.69, 9.17) is 4.42 Å². The molecule has 1 saturated carbocycles. The Kier molecular flexibility index (Phi) is 6.17. The molecule has 0 bridgehead atoms. The van der Waals surface area contributed by atoms with Crippen LogP contribution in [0.1, 0.15) is 60.1 Å². The molecule has 0 radical (unpaired) electrons. The van der Waals surface area contributed by atoms with Crippen LogP contribution in [0.2, 0.25) is 0 Å². The van der Waals surface area contributed by atoms with Crippen molar-refractivity contribution in [1.29, 1.82) is 0 Å². The lowest BCUT2D eigenvalue weighted by Crippen LogP contribution is -2.57. The lowest BCUT2D eigenvalue weighted by Gasteiger charge is -2.48. The first-order chi connectivity index (χ1) is 18.4. The van der Waals surface area contributed by atoms with Gasteiger partial charge in [0.15, 0.2) is 0 Å². The summed E-state index contributed by atoms with van der Waals surface area (Å²) < 4.78 is 30.5. The first kappa shape index (κ1) is 24.6. The number of anilines is 1. The Morgan fingerprint density at radius 1 is 1.05 bits per heavy atom. The Labute approximate surface area is 218 Å². The number of carbonyl (C=O) groups is 2. The molecular formula is C27H28F2N6O3. The standard InChI is InChI=1S/C27H28F2N6O3/c1-2-33-10-12-34(13-11-33)19-6-7-20-21(14-19)27(8-3-9-27)26(37)35(25(20)36)16-18-5-4-17(15-30-18)23-31-32-24(38-23)22(28)29/h4-7,14-15,22H,2-3,8-13,16H2,1H3. The predicted molar refractivity (Wildman–Crippen MR) is 134 cm³/mol. The van der Waals surface area contributed by atoms with Crippen molar-refractivity contribution in [3.8, 4) is 11.5 Å². The van der Waals surface area contributed by atoms with Crippen molar-refractivity contribution in [3.63, 3.8) is 0 Å². The normalized spacial score (nSPS) is 19.3. The van der Waals surface area contributed by atoms with Crippen LogP contribution in [-0.2, 0) is 16.8 Å². The number of carbonyl (C=O) groups excluding carboxylic acids is 2. The van der Waals surface area contributed by atoms with Crippen molar-refractivity contribution >= 4 is 17.5 Å². The van der Waals surface area contributed by atoms with Crippen LogP contribution < -0.4 is 4.90 Å². The number of likely N-dealkylation sites (N-methyl/N-ethyl adjacent to an activating group) is 1. The smallest absolute Gasteiger partial charge is 0.314 e. The van der Waals surface area contributed by atoms with E-state index in [1.54, 1.807) is 12.1 Å². The molecule has 2 fully saturated rings. The number of nitrogens with zero attached hydrogens (tertiary/aromatic N) is 6. The van der Waals surface area contributed by atoms with Gasteiger partial charge < -0.3 is 14.2 Å². The molecule has 3 aliphatic rings. The molecule has 2 aliphatic heterocycles. The van der Waals surface area contributed by atoms with Gasteiger partial charge in [0.1, 0.15) is 0 Å². The maximum Gasteiger partial charge on any atom is 0.314 e. The second kappa shape index (κ2) is 9.54. The zero-order chi connectivity index (χ0) is 26.4. The van der Waals surface area contributed by atoms with E-state index >= 15 is 0 Å². The van der Waals surface area contributed by atoms with Crippen LogP contribution in [0.4, 0.5) is 14.5 Å². The number of imide groups is 1. The Balaban J connectivity index is 1.24. The first-order valence-electron chi connectivity index (χ1n) is 12.9. The van der Waals surface area contributed by atoms with Gasteiger partial charge in [-0.3, -0.25) is 19.5 Å². The average Bonchev–Trinajstić information content (AvgIpc) is 3.41. The van der Waals surface area contributed by atoms with Gasteiger partial charge >= 0.3 is 6.43 Å². The van der Waals surface area contributed by atoms with Crippen molar-refractivity contribution in [3.05, 3.63) is 59.2 Å². The predicted octanol–water partition coefficient (Wildman–Crippen LogP) is 3.82. The summed E-state index contributed by atoms with van der Waals surface area (Å²) in [5.74, 6) is -1.34. The summed E-state index contributed by atoms with van der Waals surface area (Å²) in [4.78, 5) is 37.7. The Hall–Kier alpha value is -3.73. The molecular weight excluding hydrogens is 494 g/mol. The minimum atomic E-state index is -2.86. The van der Waals surface area contributed by atoms with Gasteiger partial charge in [0, 0.05) is 43.6 Å². The lowest BCUT2D eigenvalue weighted by molar-refractivity contribution is -0.139. The van der Waals surface area contributed by atoms with E-state index < -0.39 is 17.7 Å². The molecule has 38 heavy (non-hydrogen) atoms. The number of hydrogen-bond acceptors (Lipinski definition) is 8. The number of fused-ring (bicyclic) bond motifs is 2. The highest BCUT2D eigenvalue weighted by Gasteiger charge is 2.54. The zero-order valence-electron chi connectivity index (χ0n) is 21.1. The topological polar surface area (TPSA) is 95.7 Å². The average molecular weight is 523 g/mol. The van der Waals surface area contributed by atoms with E-state index in [9.17, 15) is 18.4 Å². The van der Waals surface area contributed by atoms with Gasteiger partial charge in [-0.05, 0) is 55.3 Å². The number of rotatable bonds is 6. The Bertz CT molecular complexity index is 1360. The number of hydrogen-bond donors (Lipinski definition) is 0. The van der Waals surface area contributed by atoms with Gasteiger partial charge in [-0.1, -0.05) is 13.3 Å². The highest BCUT2D eigenvalue weighted by molar-refractivity contribution is 6.13. The molecule has 3 aromatic rings. The number of aromatic nitrogens is 3. The zero-order valence-corrected chi connectivity index (χ0v) is 21.1. The van der Waals surface area contributed by atoms with E-state index in [0.717, 1.165) is 50.4 Å². The lowest BCUT2D eigenvalue weighted by atomic mass is 9.60. The first-order valence-corrected chi connectivity index (χ1v) is 12.9. The van der Waals surface area contributed by atoms with Crippen molar-refractivity contribution in [2.24, 2.45) is 0 Å². The summed E-state index contributed by atoms with van der Waals surface area (Å²) >= 11 is 0. The van der Waals surface area contributed by atoms with Crippen LogP contribution in [0.15, 0.2) is 40.9 Å². The fraction of sp³-hybridized carbons (Fsp3) is 0.444. The maximum absolute atomic E-state index is 13.8. The summed E-state index contributed by atoms with van der Waals surface area (Å²) in [6.07, 6.45) is 0.916. The molecule has 11 heteroatoms. The molecule has 0 atom stereocenters. The van der Waals surface area contributed by atoms with Crippen LogP contribution in [0.5, 0.6) is 0 Å². The number of benzene rings is 1. The molecule has 6 rings (SSSR count). The molecule has 0 N–H and O–H groups in total. The molecule has 1 spiro atoms. The third kappa shape index (κ3) is 4.05. The van der Waals surface area contributed by atoms with E-state index in [-0.39, 0.29) is 24.2 Å². The third-order valence-corrected chi connectivity index (χ3v) is 8.06. The van der Waals surface area contributed by atoms with Gasteiger partial charge in [-0.25, -0.2) is 0 Å². The van der Waals surface area contributed by atoms with Gasteiger partial charge in [0.05, 0.1) is 23.2 Å². The third-order valence-electron chi connectivity index (χ3n) is 8.06. The SMILES string of the molecule is CCN1CCN(c2ccc3c(c2)C2(CCC2)C(=O)N(Cc2ccc(-c4nnc(C(F)F)o4)cn2)C3=O)CC1. The van der Waals surface area contributed by atoms with Gasteiger partial charge in [-0.15, -0.1) is 10.2 Å². The minimum Gasteiger partial charge on any atom is -0.415 e. The van der Waals surface area contributed by atoms with Gasteiger partial charge in [0.25, 0.3) is 11.8 Å². The minimum absolute atomic E-state index is 0.0198. The maximum atomic E-state index is 13.8. The summed E-state index contributed by atoms with van der Waals surface area (Å²) in [5.41, 5.74) is 2.67. The number of alkyl halides is 2. The van der Waals surface area contributed by atoms with Crippen LogP contribution in [0.25, 0.3) is 11.5 Å². The number of pyridine rings is 1. The van der Waals surface area contributed by atoms with Crippen molar-refractivity contribution in [2.45, 2.75) is 44.6 Å². The van der Waals surface area contributed by atoms with Crippen LogP contribution >= 0.6 is 0 Å². The van der Waals surface area contributed by atoms with Gasteiger partial charge in [-0.2, -0.15) is 8.78 Å². The summed E-state index contributed by atoms with van der Waals surface area (Å²) in [6.45, 7) is 7.05. The highest BCUT2D eigenvalue weighted by Crippen LogP contribution is 2.50. The molecule has 1 saturated heterocycles. The fourth-order valence-corrected chi connectivity index (χ4v) is 5.65. The van der Waals surface area contributed by atoms with Crippen LogP contribution in [0, 0.1) is 0 Å².